The van der Waals surface area contributed by atoms with Gasteiger partial charge in [0.1, 0.15) is 5.75 Å². The molecular formula is C14H22ClN3O3. The fourth-order valence-corrected chi connectivity index (χ4v) is 1.59. The summed E-state index contributed by atoms with van der Waals surface area (Å²) in [5, 5.41) is 5.40. The number of hydrogen-bond donors (Lipinski definition) is 3. The maximum Gasteiger partial charge on any atom is 0.251 e. The molecule has 1 unspecified atom stereocenters. The zero-order valence-corrected chi connectivity index (χ0v) is 13.0. The monoisotopic (exact) mass is 315 g/mol. The van der Waals surface area contributed by atoms with E-state index in [1.807, 2.05) is 0 Å². The van der Waals surface area contributed by atoms with E-state index in [0.717, 1.165) is 0 Å². The molecule has 4 N–H and O–H groups in total. The number of carbonyl (C=O) groups excluding carboxylic acids is 2. The molecule has 2 amide bonds. The number of ether oxygens (including phenoxy) is 1. The van der Waals surface area contributed by atoms with Crippen molar-refractivity contribution >= 4 is 24.2 Å². The van der Waals surface area contributed by atoms with Crippen LogP contribution in [0.5, 0.6) is 5.75 Å². The fraction of sp³-hybridized carbons (Fsp3) is 0.429. The van der Waals surface area contributed by atoms with Crippen molar-refractivity contribution in [3.05, 3.63) is 29.8 Å². The SMILES string of the molecule is COc1ccc(C(=O)NCCNC(=O)CC(C)N)cc1.Cl. The van der Waals surface area contributed by atoms with Crippen LogP contribution in [0.15, 0.2) is 24.3 Å². The molecule has 1 aromatic rings. The summed E-state index contributed by atoms with van der Waals surface area (Å²) < 4.78 is 5.02. The lowest BCUT2D eigenvalue weighted by Crippen LogP contribution is -2.36. The lowest BCUT2D eigenvalue weighted by Gasteiger charge is -2.08. The Labute approximate surface area is 130 Å². The standard InChI is InChI=1S/C14H21N3O3.ClH/c1-10(15)9-13(18)16-7-8-17-14(19)11-3-5-12(20-2)6-4-11;/h3-6,10H,7-9,15H2,1-2H3,(H,16,18)(H,17,19);1H. The molecule has 0 radical (unpaired) electrons. The van der Waals surface area contributed by atoms with Gasteiger partial charge in [-0.2, -0.15) is 0 Å². The first-order valence-electron chi connectivity index (χ1n) is 6.47. The van der Waals surface area contributed by atoms with Crippen molar-refractivity contribution in [1.29, 1.82) is 0 Å². The Hall–Kier alpha value is -1.79. The maximum absolute atomic E-state index is 11.8. The minimum atomic E-state index is -0.186. The van der Waals surface area contributed by atoms with E-state index < -0.39 is 0 Å². The zero-order chi connectivity index (χ0) is 15.0. The average Bonchev–Trinajstić information content (AvgIpc) is 2.42. The number of nitrogens with two attached hydrogens (primary N) is 1. The lowest BCUT2D eigenvalue weighted by atomic mass is 10.2. The van der Waals surface area contributed by atoms with Crippen molar-refractivity contribution < 1.29 is 14.3 Å². The maximum atomic E-state index is 11.8. The van der Waals surface area contributed by atoms with E-state index in [-0.39, 0.29) is 36.7 Å². The molecule has 0 aliphatic rings. The molecule has 0 bridgehead atoms. The molecule has 0 saturated carbocycles. The molecule has 0 aliphatic heterocycles. The lowest BCUT2D eigenvalue weighted by molar-refractivity contribution is -0.121. The van der Waals surface area contributed by atoms with Gasteiger partial charge in [-0.1, -0.05) is 0 Å². The van der Waals surface area contributed by atoms with Gasteiger partial charge < -0.3 is 21.1 Å². The summed E-state index contributed by atoms with van der Waals surface area (Å²) in [7, 11) is 1.57. The second-order valence-corrected chi connectivity index (χ2v) is 4.52. The van der Waals surface area contributed by atoms with Crippen LogP contribution >= 0.6 is 12.4 Å². The molecule has 0 spiro atoms. The summed E-state index contributed by atoms with van der Waals surface area (Å²) in [5.74, 6) is 0.400. The second kappa shape index (κ2) is 10.0. The molecule has 0 aliphatic carbocycles. The van der Waals surface area contributed by atoms with Crippen LogP contribution in [0.3, 0.4) is 0 Å². The molecule has 0 heterocycles. The van der Waals surface area contributed by atoms with E-state index in [4.69, 9.17) is 10.5 Å². The van der Waals surface area contributed by atoms with E-state index in [9.17, 15) is 9.59 Å². The predicted molar refractivity (Wildman–Crippen MR) is 83.9 cm³/mol. The zero-order valence-electron chi connectivity index (χ0n) is 12.2. The molecule has 21 heavy (non-hydrogen) atoms. The van der Waals surface area contributed by atoms with Crippen LogP contribution in [0.4, 0.5) is 0 Å². The fourth-order valence-electron chi connectivity index (χ4n) is 1.59. The molecule has 118 valence electrons. The van der Waals surface area contributed by atoms with Gasteiger partial charge in [-0.25, -0.2) is 0 Å². The number of benzene rings is 1. The third kappa shape index (κ3) is 7.53. The molecule has 0 fully saturated rings. The molecule has 7 heteroatoms. The van der Waals surface area contributed by atoms with Gasteiger partial charge in [-0.3, -0.25) is 9.59 Å². The van der Waals surface area contributed by atoms with Crippen LogP contribution in [0, 0.1) is 0 Å². The summed E-state index contributed by atoms with van der Waals surface area (Å²) in [6.45, 7) is 2.52. The minimum Gasteiger partial charge on any atom is -0.497 e. The number of hydrogen-bond acceptors (Lipinski definition) is 4. The van der Waals surface area contributed by atoms with Gasteiger partial charge in [0.2, 0.25) is 5.91 Å². The van der Waals surface area contributed by atoms with Gasteiger partial charge in [-0.05, 0) is 31.2 Å². The van der Waals surface area contributed by atoms with E-state index in [0.29, 0.717) is 24.4 Å². The first-order chi connectivity index (χ1) is 9.52. The molecule has 0 aromatic heterocycles. The molecular weight excluding hydrogens is 294 g/mol. The van der Waals surface area contributed by atoms with Crippen LogP contribution in [-0.4, -0.2) is 38.1 Å². The first-order valence-corrected chi connectivity index (χ1v) is 6.47. The van der Waals surface area contributed by atoms with Gasteiger partial charge in [0.05, 0.1) is 7.11 Å². The van der Waals surface area contributed by atoms with Crippen molar-refractivity contribution in [2.75, 3.05) is 20.2 Å². The van der Waals surface area contributed by atoms with E-state index >= 15 is 0 Å². The van der Waals surface area contributed by atoms with Gasteiger partial charge in [0, 0.05) is 31.1 Å². The Morgan fingerprint density at radius 3 is 2.29 bits per heavy atom. The molecule has 1 rings (SSSR count). The molecule has 0 saturated heterocycles. The molecule has 1 aromatic carbocycles. The highest BCUT2D eigenvalue weighted by Gasteiger charge is 2.06. The van der Waals surface area contributed by atoms with E-state index in [1.165, 1.54) is 0 Å². The molecule has 1 atom stereocenters. The third-order valence-corrected chi connectivity index (χ3v) is 2.59. The summed E-state index contributed by atoms with van der Waals surface area (Å²) in [5.41, 5.74) is 6.05. The average molecular weight is 316 g/mol. The summed E-state index contributed by atoms with van der Waals surface area (Å²) in [6.07, 6.45) is 0.284. The number of methoxy groups -OCH3 is 1. The van der Waals surface area contributed by atoms with Crippen LogP contribution in [0.2, 0.25) is 0 Å². The van der Waals surface area contributed by atoms with Crippen LogP contribution in [-0.2, 0) is 4.79 Å². The van der Waals surface area contributed by atoms with Gasteiger partial charge >= 0.3 is 0 Å². The van der Waals surface area contributed by atoms with Crippen molar-refractivity contribution in [3.63, 3.8) is 0 Å². The minimum absolute atomic E-state index is 0. The second-order valence-electron chi connectivity index (χ2n) is 4.52. The van der Waals surface area contributed by atoms with Crippen LogP contribution in [0.25, 0.3) is 0 Å². The topological polar surface area (TPSA) is 93.5 Å². The largest absolute Gasteiger partial charge is 0.497 e. The normalized spacial score (nSPS) is 11.0. The number of nitrogens with one attached hydrogen (secondary N) is 2. The number of halogens is 1. The van der Waals surface area contributed by atoms with Crippen LogP contribution < -0.4 is 21.1 Å². The van der Waals surface area contributed by atoms with Crippen molar-refractivity contribution in [2.24, 2.45) is 5.73 Å². The molecule has 6 nitrogen and oxygen atoms in total. The predicted octanol–water partition coefficient (Wildman–Crippen LogP) is 0.700. The Kier molecular flexibility index (Phi) is 9.16. The van der Waals surface area contributed by atoms with Gasteiger partial charge in [0.25, 0.3) is 5.91 Å². The van der Waals surface area contributed by atoms with Gasteiger partial charge in [-0.15, -0.1) is 12.4 Å². The summed E-state index contributed by atoms with van der Waals surface area (Å²) in [6, 6.07) is 6.65. The van der Waals surface area contributed by atoms with E-state index in [2.05, 4.69) is 10.6 Å². The number of amides is 2. The Morgan fingerprint density at radius 2 is 1.76 bits per heavy atom. The van der Waals surface area contributed by atoms with Crippen LogP contribution in [0.1, 0.15) is 23.7 Å². The highest BCUT2D eigenvalue weighted by atomic mass is 35.5. The quantitative estimate of drug-likeness (QED) is 0.646. The Morgan fingerprint density at radius 1 is 1.19 bits per heavy atom. The van der Waals surface area contributed by atoms with E-state index in [1.54, 1.807) is 38.3 Å². The Balaban J connectivity index is 0.00000400. The number of rotatable bonds is 7. The van der Waals surface area contributed by atoms with Crippen molar-refractivity contribution in [1.82, 2.24) is 10.6 Å². The highest BCUT2D eigenvalue weighted by molar-refractivity contribution is 5.94. The third-order valence-electron chi connectivity index (χ3n) is 2.59. The Bertz CT molecular complexity index is 449. The number of carbonyl (C=O) groups is 2. The van der Waals surface area contributed by atoms with Crippen molar-refractivity contribution in [2.45, 2.75) is 19.4 Å². The first kappa shape index (κ1) is 19.2. The summed E-state index contributed by atoms with van der Waals surface area (Å²) in [4.78, 5) is 23.1. The highest BCUT2D eigenvalue weighted by Crippen LogP contribution is 2.10. The smallest absolute Gasteiger partial charge is 0.251 e. The van der Waals surface area contributed by atoms with Gasteiger partial charge in [0.15, 0.2) is 0 Å². The van der Waals surface area contributed by atoms with Crippen molar-refractivity contribution in [3.8, 4) is 5.75 Å². The summed E-state index contributed by atoms with van der Waals surface area (Å²) >= 11 is 0.